The number of methoxy groups -OCH3 is 1. The first-order chi connectivity index (χ1) is 17.6. The lowest BCUT2D eigenvalue weighted by molar-refractivity contribution is 0.0162. The van der Waals surface area contributed by atoms with Crippen LogP contribution < -0.4 is 10.1 Å². The van der Waals surface area contributed by atoms with Crippen molar-refractivity contribution in [3.05, 3.63) is 89.8 Å². The van der Waals surface area contributed by atoms with Crippen molar-refractivity contribution in [2.24, 2.45) is 0 Å². The van der Waals surface area contributed by atoms with Crippen LogP contribution in [0, 0.1) is 6.92 Å². The number of amides is 1. The summed E-state index contributed by atoms with van der Waals surface area (Å²) >= 11 is 0. The molecule has 0 saturated carbocycles. The van der Waals surface area contributed by atoms with Crippen LogP contribution in [0.4, 0.5) is 0 Å². The smallest absolute Gasteiger partial charge is 0.255 e. The summed E-state index contributed by atoms with van der Waals surface area (Å²) in [5.74, 6) is 1.92. The van der Waals surface area contributed by atoms with Crippen molar-refractivity contribution in [3.63, 3.8) is 0 Å². The minimum atomic E-state index is -0.201. The van der Waals surface area contributed by atoms with Gasteiger partial charge in [-0.3, -0.25) is 9.69 Å². The average molecular weight is 487 g/mol. The molecule has 3 heterocycles. The van der Waals surface area contributed by atoms with Crippen molar-refractivity contribution < 1.29 is 18.7 Å². The second kappa shape index (κ2) is 10.8. The molecule has 1 unspecified atom stereocenters. The van der Waals surface area contributed by atoms with Crippen LogP contribution in [-0.4, -0.2) is 60.5 Å². The summed E-state index contributed by atoms with van der Waals surface area (Å²) in [6.07, 6.45) is 1.76. The summed E-state index contributed by atoms with van der Waals surface area (Å²) in [5, 5.41) is 7.86. The Morgan fingerprint density at radius 3 is 2.47 bits per heavy atom. The van der Waals surface area contributed by atoms with Crippen molar-refractivity contribution in [1.29, 1.82) is 0 Å². The van der Waals surface area contributed by atoms with Crippen molar-refractivity contribution in [2.45, 2.75) is 13.0 Å². The number of morpholine rings is 1. The number of furan rings is 1. The molecule has 5 rings (SSSR count). The van der Waals surface area contributed by atoms with E-state index in [1.165, 1.54) is 0 Å². The van der Waals surface area contributed by atoms with Gasteiger partial charge in [-0.15, -0.1) is 0 Å². The molecule has 1 atom stereocenters. The molecule has 0 aliphatic carbocycles. The van der Waals surface area contributed by atoms with E-state index in [9.17, 15) is 4.79 Å². The molecule has 1 aliphatic heterocycles. The molecule has 0 spiro atoms. The summed E-state index contributed by atoms with van der Waals surface area (Å²) < 4.78 is 18.4. The van der Waals surface area contributed by atoms with Gasteiger partial charge in [0.25, 0.3) is 5.91 Å². The molecule has 0 radical (unpaired) electrons. The number of nitrogens with zero attached hydrogens (tertiary/aromatic N) is 3. The van der Waals surface area contributed by atoms with Crippen LogP contribution in [-0.2, 0) is 4.74 Å². The number of ether oxygens (including phenoxy) is 2. The third kappa shape index (κ3) is 5.19. The third-order valence-electron chi connectivity index (χ3n) is 6.40. The Hall–Kier alpha value is -3.88. The molecule has 8 nitrogen and oxygen atoms in total. The molecule has 1 aliphatic rings. The van der Waals surface area contributed by atoms with Crippen LogP contribution in [0.15, 0.2) is 77.3 Å². The Kier molecular flexibility index (Phi) is 7.16. The molecule has 186 valence electrons. The van der Waals surface area contributed by atoms with Gasteiger partial charge in [-0.05, 0) is 48.9 Å². The van der Waals surface area contributed by atoms with Crippen LogP contribution in [0.1, 0.15) is 27.7 Å². The molecule has 2 aromatic heterocycles. The molecule has 1 amide bonds. The maximum atomic E-state index is 13.5. The maximum Gasteiger partial charge on any atom is 0.255 e. The molecule has 1 N–H and O–H groups in total. The normalized spacial score (nSPS) is 14.9. The quantitative estimate of drug-likeness (QED) is 0.401. The molecule has 2 aromatic carbocycles. The van der Waals surface area contributed by atoms with E-state index in [1.54, 1.807) is 18.0 Å². The fraction of sp³-hybridized carbons (Fsp3) is 0.286. The van der Waals surface area contributed by atoms with Crippen LogP contribution in [0.25, 0.3) is 17.1 Å². The zero-order valence-corrected chi connectivity index (χ0v) is 20.5. The summed E-state index contributed by atoms with van der Waals surface area (Å²) in [5.41, 5.74) is 2.95. The van der Waals surface area contributed by atoms with Crippen LogP contribution >= 0.6 is 0 Å². The highest BCUT2D eigenvalue weighted by Gasteiger charge is 2.26. The van der Waals surface area contributed by atoms with Gasteiger partial charge in [0.15, 0.2) is 5.76 Å². The number of hydrogen-bond donors (Lipinski definition) is 1. The number of rotatable bonds is 8. The van der Waals surface area contributed by atoms with Crippen molar-refractivity contribution in [1.82, 2.24) is 20.0 Å². The Labute approximate surface area is 210 Å². The van der Waals surface area contributed by atoms with Gasteiger partial charge in [-0.1, -0.05) is 30.3 Å². The van der Waals surface area contributed by atoms with Gasteiger partial charge in [0.1, 0.15) is 17.2 Å². The lowest BCUT2D eigenvalue weighted by Crippen LogP contribution is -2.43. The monoisotopic (exact) mass is 486 g/mol. The predicted molar refractivity (Wildman–Crippen MR) is 136 cm³/mol. The standard InChI is InChI=1S/C28H30N4O4/c1-20-8-13-26(36-20)27-24(19-32(30-27)22-6-4-3-5-7-22)28(33)29-18-25(31-14-16-35-17-15-31)21-9-11-23(34-2)12-10-21/h3-13,19,25H,14-18H2,1-2H3,(H,29,33). The number of para-hydroxylation sites is 1. The van der Waals surface area contributed by atoms with E-state index in [0.29, 0.717) is 36.8 Å². The second-order valence-electron chi connectivity index (χ2n) is 8.73. The van der Waals surface area contributed by atoms with Crippen LogP contribution in [0.2, 0.25) is 0 Å². The minimum absolute atomic E-state index is 0.00207. The van der Waals surface area contributed by atoms with Gasteiger partial charge < -0.3 is 19.2 Å². The fourth-order valence-electron chi connectivity index (χ4n) is 4.45. The Morgan fingerprint density at radius 1 is 1.06 bits per heavy atom. The van der Waals surface area contributed by atoms with Gasteiger partial charge in [0, 0.05) is 25.8 Å². The van der Waals surface area contributed by atoms with Crippen LogP contribution in [0.3, 0.4) is 0 Å². The highest BCUT2D eigenvalue weighted by molar-refractivity contribution is 5.99. The number of benzene rings is 2. The predicted octanol–water partition coefficient (Wildman–Crippen LogP) is 4.25. The van der Waals surface area contributed by atoms with E-state index in [0.717, 1.165) is 35.9 Å². The highest BCUT2D eigenvalue weighted by Crippen LogP contribution is 2.27. The third-order valence-corrected chi connectivity index (χ3v) is 6.40. The summed E-state index contributed by atoms with van der Waals surface area (Å²) in [7, 11) is 1.66. The molecule has 1 fully saturated rings. The number of carbonyl (C=O) groups is 1. The van der Waals surface area contributed by atoms with E-state index in [4.69, 9.17) is 19.0 Å². The molecule has 36 heavy (non-hydrogen) atoms. The number of hydrogen-bond acceptors (Lipinski definition) is 6. The Morgan fingerprint density at radius 2 is 1.81 bits per heavy atom. The molecule has 0 bridgehead atoms. The van der Waals surface area contributed by atoms with Crippen molar-refractivity contribution in [2.75, 3.05) is 40.0 Å². The number of aromatic nitrogens is 2. The summed E-state index contributed by atoms with van der Waals surface area (Å²) in [6.45, 7) is 5.27. The van der Waals surface area contributed by atoms with Gasteiger partial charge >= 0.3 is 0 Å². The lowest BCUT2D eigenvalue weighted by atomic mass is 10.0. The van der Waals surface area contributed by atoms with Gasteiger partial charge in [0.2, 0.25) is 0 Å². The Bertz CT molecular complexity index is 1290. The zero-order chi connectivity index (χ0) is 24.9. The minimum Gasteiger partial charge on any atom is -0.497 e. The molecular formula is C28H30N4O4. The first-order valence-electron chi connectivity index (χ1n) is 12.1. The SMILES string of the molecule is COc1ccc(C(CNC(=O)c2cn(-c3ccccc3)nc2-c2ccc(C)o2)N2CCOCC2)cc1. The maximum absolute atomic E-state index is 13.5. The summed E-state index contributed by atoms with van der Waals surface area (Å²) in [6, 6.07) is 21.4. The Balaban J connectivity index is 1.42. The first-order valence-corrected chi connectivity index (χ1v) is 12.1. The highest BCUT2D eigenvalue weighted by atomic mass is 16.5. The molecular weight excluding hydrogens is 456 g/mol. The van der Waals surface area contributed by atoms with E-state index in [-0.39, 0.29) is 11.9 Å². The van der Waals surface area contributed by atoms with Crippen molar-refractivity contribution in [3.8, 4) is 22.9 Å². The zero-order valence-electron chi connectivity index (χ0n) is 20.5. The largest absolute Gasteiger partial charge is 0.497 e. The van der Waals surface area contributed by atoms with Gasteiger partial charge in [-0.25, -0.2) is 4.68 Å². The van der Waals surface area contributed by atoms with E-state index in [1.807, 2.05) is 61.5 Å². The summed E-state index contributed by atoms with van der Waals surface area (Å²) in [4.78, 5) is 15.9. The molecule has 1 saturated heterocycles. The first kappa shape index (κ1) is 23.8. The fourth-order valence-corrected chi connectivity index (χ4v) is 4.45. The van der Waals surface area contributed by atoms with Gasteiger partial charge in [-0.2, -0.15) is 5.10 Å². The van der Waals surface area contributed by atoms with Crippen LogP contribution in [0.5, 0.6) is 5.75 Å². The van der Waals surface area contributed by atoms with Gasteiger partial charge in [0.05, 0.1) is 37.6 Å². The van der Waals surface area contributed by atoms with E-state index < -0.39 is 0 Å². The van der Waals surface area contributed by atoms with Crippen molar-refractivity contribution >= 4 is 5.91 Å². The number of nitrogens with one attached hydrogen (secondary N) is 1. The second-order valence-corrected chi connectivity index (χ2v) is 8.73. The van der Waals surface area contributed by atoms with E-state index in [2.05, 4.69) is 22.3 Å². The number of carbonyl (C=O) groups excluding carboxylic acids is 1. The lowest BCUT2D eigenvalue weighted by Gasteiger charge is -2.35. The average Bonchev–Trinajstić information content (AvgIpc) is 3.57. The van der Waals surface area contributed by atoms with E-state index >= 15 is 0 Å². The molecule has 4 aromatic rings. The topological polar surface area (TPSA) is 81.8 Å². The number of aryl methyl sites for hydroxylation is 1. The molecule has 8 heteroatoms.